The van der Waals surface area contributed by atoms with Gasteiger partial charge in [-0.1, -0.05) is 48.5 Å². The van der Waals surface area contributed by atoms with Crippen molar-refractivity contribution in [2.24, 2.45) is 4.99 Å². The molecule has 0 fully saturated rings. The first-order valence-corrected chi connectivity index (χ1v) is 9.22. The predicted octanol–water partition coefficient (Wildman–Crippen LogP) is 6.24. The van der Waals surface area contributed by atoms with Crippen LogP contribution in [0.25, 0.3) is 27.5 Å². The van der Waals surface area contributed by atoms with Crippen LogP contribution >= 0.6 is 0 Å². The Kier molecular flexibility index (Phi) is 3.91. The number of rotatable bonds is 3. The average Bonchev–Trinajstić information content (AvgIpc) is 3.08. The lowest BCUT2D eigenvalue weighted by Gasteiger charge is -2.08. The van der Waals surface area contributed by atoms with E-state index in [1.807, 2.05) is 24.3 Å². The average molecular weight is 362 g/mol. The number of nitrogens with zero attached hydrogens (tertiary/aromatic N) is 2. The maximum atomic E-state index is 9.86. The van der Waals surface area contributed by atoms with Crippen molar-refractivity contribution in [1.82, 2.24) is 4.57 Å². The minimum Gasteiger partial charge on any atom is -0.507 e. The van der Waals surface area contributed by atoms with Crippen molar-refractivity contribution in [3.63, 3.8) is 0 Å². The van der Waals surface area contributed by atoms with Gasteiger partial charge in [0.1, 0.15) is 5.75 Å². The summed E-state index contributed by atoms with van der Waals surface area (Å²) in [7, 11) is 0. The summed E-state index contributed by atoms with van der Waals surface area (Å²) in [6.45, 7) is 0. The molecule has 1 aromatic heterocycles. The summed E-state index contributed by atoms with van der Waals surface area (Å²) in [6, 6.07) is 32.3. The monoisotopic (exact) mass is 362 g/mol. The van der Waals surface area contributed by atoms with E-state index in [2.05, 4.69) is 70.2 Å². The molecule has 5 aromatic rings. The van der Waals surface area contributed by atoms with Crippen LogP contribution in [-0.4, -0.2) is 15.9 Å². The highest BCUT2D eigenvalue weighted by molar-refractivity contribution is 6.09. The van der Waals surface area contributed by atoms with Gasteiger partial charge in [0.15, 0.2) is 0 Å². The van der Waals surface area contributed by atoms with E-state index in [4.69, 9.17) is 0 Å². The number of aliphatic imine (C=N–C) groups is 1. The Bertz CT molecular complexity index is 1260. The lowest BCUT2D eigenvalue weighted by atomic mass is 10.2. The van der Waals surface area contributed by atoms with Crippen LogP contribution in [0.3, 0.4) is 0 Å². The first kappa shape index (κ1) is 16.3. The maximum Gasteiger partial charge on any atom is 0.124 e. The van der Waals surface area contributed by atoms with Crippen LogP contribution in [0.1, 0.15) is 5.56 Å². The minimum atomic E-state index is 0.230. The summed E-state index contributed by atoms with van der Waals surface area (Å²) in [4.78, 5) is 4.49. The van der Waals surface area contributed by atoms with Crippen molar-refractivity contribution < 1.29 is 5.11 Å². The second kappa shape index (κ2) is 6.71. The highest BCUT2D eigenvalue weighted by Crippen LogP contribution is 2.32. The van der Waals surface area contributed by atoms with Crippen LogP contribution in [0.2, 0.25) is 0 Å². The van der Waals surface area contributed by atoms with Crippen molar-refractivity contribution in [2.45, 2.75) is 0 Å². The third-order valence-corrected chi connectivity index (χ3v) is 4.98. The highest BCUT2D eigenvalue weighted by Gasteiger charge is 2.10. The molecule has 0 aliphatic heterocycles. The zero-order valence-electron chi connectivity index (χ0n) is 15.2. The van der Waals surface area contributed by atoms with Crippen LogP contribution in [0.4, 0.5) is 5.69 Å². The summed E-state index contributed by atoms with van der Waals surface area (Å²) >= 11 is 0. The number of benzene rings is 4. The zero-order valence-corrected chi connectivity index (χ0v) is 15.2. The zero-order chi connectivity index (χ0) is 18.9. The molecule has 0 spiro atoms. The molecule has 0 atom stereocenters. The number of fused-ring (bicyclic) bond motifs is 3. The fraction of sp³-hybridized carbons (Fsp3) is 0. The van der Waals surface area contributed by atoms with E-state index in [1.165, 1.54) is 21.8 Å². The number of aromatic hydroxyl groups is 1. The van der Waals surface area contributed by atoms with Gasteiger partial charge in [-0.25, -0.2) is 0 Å². The molecular formula is C25H18N2O. The van der Waals surface area contributed by atoms with Gasteiger partial charge >= 0.3 is 0 Å². The van der Waals surface area contributed by atoms with Gasteiger partial charge in [-0.2, -0.15) is 0 Å². The van der Waals surface area contributed by atoms with Crippen molar-refractivity contribution in [2.75, 3.05) is 0 Å². The predicted molar refractivity (Wildman–Crippen MR) is 116 cm³/mol. The number of para-hydroxylation sites is 3. The number of phenolic OH excluding ortho intramolecular Hbond substituents is 1. The molecule has 28 heavy (non-hydrogen) atoms. The smallest absolute Gasteiger partial charge is 0.124 e. The fourth-order valence-corrected chi connectivity index (χ4v) is 3.63. The van der Waals surface area contributed by atoms with Gasteiger partial charge in [-0.15, -0.1) is 0 Å². The fourth-order valence-electron chi connectivity index (χ4n) is 3.63. The van der Waals surface area contributed by atoms with E-state index in [9.17, 15) is 5.11 Å². The normalized spacial score (nSPS) is 11.6. The van der Waals surface area contributed by atoms with Crippen LogP contribution < -0.4 is 0 Å². The van der Waals surface area contributed by atoms with Crippen molar-refractivity contribution in [1.29, 1.82) is 0 Å². The summed E-state index contributed by atoms with van der Waals surface area (Å²) in [5.74, 6) is 0.230. The van der Waals surface area contributed by atoms with Gasteiger partial charge in [-0.05, 0) is 48.5 Å². The van der Waals surface area contributed by atoms with Gasteiger partial charge in [0.25, 0.3) is 0 Å². The van der Waals surface area contributed by atoms with E-state index in [0.29, 0.717) is 5.56 Å². The van der Waals surface area contributed by atoms with Crippen LogP contribution in [0.5, 0.6) is 5.75 Å². The van der Waals surface area contributed by atoms with Crippen molar-refractivity contribution >= 4 is 33.7 Å². The lowest BCUT2D eigenvalue weighted by molar-refractivity contribution is 0.474. The van der Waals surface area contributed by atoms with Gasteiger partial charge in [0.05, 0.1) is 16.7 Å². The van der Waals surface area contributed by atoms with Gasteiger partial charge in [-0.3, -0.25) is 4.99 Å². The van der Waals surface area contributed by atoms with E-state index in [0.717, 1.165) is 11.4 Å². The quantitative estimate of drug-likeness (QED) is 0.379. The number of aromatic nitrogens is 1. The van der Waals surface area contributed by atoms with Crippen LogP contribution in [0.15, 0.2) is 102 Å². The van der Waals surface area contributed by atoms with Crippen molar-refractivity contribution in [3.8, 4) is 11.4 Å². The second-order valence-corrected chi connectivity index (χ2v) is 6.70. The van der Waals surface area contributed by atoms with Crippen molar-refractivity contribution in [3.05, 3.63) is 103 Å². The molecule has 3 nitrogen and oxygen atoms in total. The van der Waals surface area contributed by atoms with E-state index >= 15 is 0 Å². The summed E-state index contributed by atoms with van der Waals surface area (Å²) in [5.41, 5.74) is 5.02. The molecule has 4 aromatic carbocycles. The Morgan fingerprint density at radius 3 is 1.86 bits per heavy atom. The molecule has 1 N–H and O–H groups in total. The van der Waals surface area contributed by atoms with E-state index < -0.39 is 0 Å². The Balaban J connectivity index is 1.57. The number of hydrogen-bond acceptors (Lipinski definition) is 2. The number of hydrogen-bond donors (Lipinski definition) is 1. The Labute approximate surface area is 162 Å². The largest absolute Gasteiger partial charge is 0.507 e. The molecule has 0 radical (unpaired) electrons. The van der Waals surface area contributed by atoms with E-state index in [-0.39, 0.29) is 5.75 Å². The second-order valence-electron chi connectivity index (χ2n) is 6.70. The van der Waals surface area contributed by atoms with Gasteiger partial charge in [0.2, 0.25) is 0 Å². The molecule has 0 amide bonds. The van der Waals surface area contributed by atoms with Gasteiger partial charge in [0, 0.05) is 28.2 Å². The first-order chi connectivity index (χ1) is 13.8. The first-order valence-electron chi connectivity index (χ1n) is 9.22. The Morgan fingerprint density at radius 2 is 1.21 bits per heavy atom. The topological polar surface area (TPSA) is 37.5 Å². The Morgan fingerprint density at radius 1 is 0.643 bits per heavy atom. The molecule has 3 heteroatoms. The summed E-state index contributed by atoms with van der Waals surface area (Å²) in [5, 5.41) is 12.4. The Hall–Kier alpha value is -3.85. The van der Waals surface area contributed by atoms with Crippen LogP contribution in [0, 0.1) is 0 Å². The molecule has 0 unspecified atom stereocenters. The standard InChI is InChI=1S/C25H18N2O/c28-25-12-6-1-7-18(25)17-26-19-13-15-20(16-14-19)27-23-10-4-2-8-21(23)22-9-3-5-11-24(22)27/h1-17,28H. The molecule has 0 saturated carbocycles. The third-order valence-electron chi connectivity index (χ3n) is 4.98. The molecule has 0 bridgehead atoms. The maximum absolute atomic E-state index is 9.86. The molecule has 5 rings (SSSR count). The minimum absolute atomic E-state index is 0.230. The molecule has 0 aliphatic carbocycles. The summed E-state index contributed by atoms with van der Waals surface area (Å²) < 4.78 is 2.28. The molecule has 134 valence electrons. The molecule has 0 saturated heterocycles. The molecule has 0 aliphatic rings. The SMILES string of the molecule is Oc1ccccc1C=Nc1ccc(-n2c3ccccc3c3ccccc32)cc1. The molecule has 1 heterocycles. The third kappa shape index (κ3) is 2.74. The van der Waals surface area contributed by atoms with Gasteiger partial charge < -0.3 is 9.67 Å². The lowest BCUT2D eigenvalue weighted by Crippen LogP contribution is -1.92. The highest BCUT2D eigenvalue weighted by atomic mass is 16.3. The van der Waals surface area contributed by atoms with Crippen LogP contribution in [-0.2, 0) is 0 Å². The number of phenols is 1. The summed E-state index contributed by atoms with van der Waals surface area (Å²) in [6.07, 6.45) is 1.69. The van der Waals surface area contributed by atoms with E-state index in [1.54, 1.807) is 18.3 Å². The molecular weight excluding hydrogens is 344 g/mol.